The normalized spacial score (nSPS) is 23.2. The number of aryl methyl sites for hydroxylation is 1. The Balaban J connectivity index is 0.000000207. The van der Waals surface area contributed by atoms with Gasteiger partial charge in [-0.05, 0) is 74.0 Å². The average molecular weight is 980 g/mol. The van der Waals surface area contributed by atoms with Crippen LogP contribution in [-0.4, -0.2) is 104 Å². The van der Waals surface area contributed by atoms with Crippen LogP contribution < -0.4 is 45.0 Å². The SMILES string of the molecule is C[NH+](C)C1C(=O)C(C(N)=O)=C(O)C2(O)C(=O)C3=C(O)c4c(O)cccc4[C@@](C)(O)C3C(O)C12.Cc1nnc(NS(=O)(=O)c2ccc(N)cc2)s1.Nc1ccc(N=Nc2ccccc2)c(N)n1.[Cl-]. The second kappa shape index (κ2) is 19.4. The smallest absolute Gasteiger partial charge is 0.263 e. The molecule has 5 unspecified atom stereocenters. The van der Waals surface area contributed by atoms with Crippen molar-refractivity contribution in [3.05, 3.63) is 118 Å². The third-order valence-corrected chi connectivity index (χ3v) is 13.3. The lowest BCUT2D eigenvalue weighted by Gasteiger charge is -2.54. The lowest BCUT2D eigenvalue weighted by Crippen LogP contribution is -3.13. The van der Waals surface area contributed by atoms with E-state index >= 15 is 0 Å². The zero-order chi connectivity index (χ0) is 48.6. The molecule has 2 aromatic heterocycles. The molecule has 3 aliphatic carbocycles. The molecule has 0 saturated heterocycles. The number of Topliss-reactive ketones (excluding diaryl/α,β-unsaturated/α-hetero) is 2. The fraction of sp³-hybridized carbons (Fsp3) is 0.238. The average Bonchev–Trinajstić information content (AvgIpc) is 3.65. The van der Waals surface area contributed by atoms with E-state index in [2.05, 4.69) is 30.1 Å². The number of amides is 1. The van der Waals surface area contributed by atoms with Crippen LogP contribution in [0.3, 0.4) is 0 Å². The highest BCUT2D eigenvalue weighted by atomic mass is 35.5. The molecule has 8 rings (SSSR count). The lowest BCUT2D eigenvalue weighted by atomic mass is 9.53. The van der Waals surface area contributed by atoms with Gasteiger partial charge in [0.15, 0.2) is 17.5 Å². The predicted molar refractivity (Wildman–Crippen MR) is 241 cm³/mol. The Kier molecular flexibility index (Phi) is 14.8. The summed E-state index contributed by atoms with van der Waals surface area (Å²) in [6.07, 6.45) is -1.85. The second-order valence-electron chi connectivity index (χ2n) is 15.7. The first kappa shape index (κ1) is 50.9. The number of nitrogens with one attached hydrogen (secondary N) is 2. The molecular formula is C42H46ClN11O11S2. The number of nitrogens with zero attached hydrogens (tertiary/aromatic N) is 5. The van der Waals surface area contributed by atoms with Gasteiger partial charge in [-0.25, -0.2) is 13.4 Å². The van der Waals surface area contributed by atoms with Gasteiger partial charge in [0.05, 0.1) is 59.4 Å². The van der Waals surface area contributed by atoms with Crippen molar-refractivity contribution in [3.8, 4) is 5.75 Å². The molecular weight excluding hydrogens is 934 g/mol. The van der Waals surface area contributed by atoms with Crippen molar-refractivity contribution in [2.75, 3.05) is 36.0 Å². The summed E-state index contributed by atoms with van der Waals surface area (Å²) in [7, 11) is -0.649. The monoisotopic (exact) mass is 979 g/mol. The summed E-state index contributed by atoms with van der Waals surface area (Å²) in [6, 6.07) is 21.2. The van der Waals surface area contributed by atoms with Crippen molar-refractivity contribution in [1.82, 2.24) is 15.2 Å². The minimum Gasteiger partial charge on any atom is -1.00 e. The number of aromatic hydroxyl groups is 1. The van der Waals surface area contributed by atoms with E-state index in [1.54, 1.807) is 19.1 Å². The Hall–Kier alpha value is -7.06. The van der Waals surface area contributed by atoms with Crippen LogP contribution in [0.2, 0.25) is 0 Å². The standard InChI is InChI=1S/C22H24N2O9.C11H11N5.C9H10N4O2S2.ClH/c1-21(32)7-5-4-6-8(25)9(7)15(26)10-12(21)17(28)13-14(24(2)3)16(27)11(20(23)31)19(30)22(13,33)18(10)29;12-10-7-6-9(11(13)14-10)16-15-8-4-2-1-3-5-8;1-6-11-12-9(16-6)13-17(14,15)8-4-2-7(10)3-5-8;/h4-6,12-14,17,25-26,28,30,32-33H,1-3H3,(H2,23,31);1-7H,(H4,12,13,14);2-5H,10H2,1H3,(H,12,13);1H/t12?,13?,14?,17?,21-,22?;;;/m1.../s1. The molecule has 16 N–H and O–H groups in total. The highest BCUT2D eigenvalue weighted by Crippen LogP contribution is 2.56. The van der Waals surface area contributed by atoms with Gasteiger partial charge < -0.3 is 70.9 Å². The molecule has 6 atom stereocenters. The predicted octanol–water partition coefficient (Wildman–Crippen LogP) is -1.92. The maximum absolute atomic E-state index is 13.7. The van der Waals surface area contributed by atoms with E-state index in [1.807, 2.05) is 30.3 Å². The molecule has 354 valence electrons. The number of azo groups is 1. The van der Waals surface area contributed by atoms with Crippen LogP contribution in [0, 0.1) is 18.8 Å². The van der Waals surface area contributed by atoms with Crippen LogP contribution in [0.5, 0.6) is 5.75 Å². The van der Waals surface area contributed by atoms with Gasteiger partial charge in [-0.2, -0.15) is 5.11 Å². The Morgan fingerprint density at radius 1 is 0.896 bits per heavy atom. The number of benzene rings is 3. The number of aliphatic hydroxyl groups excluding tert-OH is 3. The third kappa shape index (κ3) is 9.62. The number of nitrogen functional groups attached to an aromatic ring is 3. The van der Waals surface area contributed by atoms with Gasteiger partial charge in [0.25, 0.3) is 15.9 Å². The van der Waals surface area contributed by atoms with Gasteiger partial charge in [0.1, 0.15) is 39.4 Å². The van der Waals surface area contributed by atoms with Gasteiger partial charge >= 0.3 is 0 Å². The number of fused-ring (bicyclic) bond motifs is 3. The fourth-order valence-corrected chi connectivity index (χ4v) is 9.85. The Bertz CT molecular complexity index is 2930. The Morgan fingerprint density at radius 3 is 2.10 bits per heavy atom. The lowest BCUT2D eigenvalue weighted by molar-refractivity contribution is -0.881. The van der Waals surface area contributed by atoms with E-state index in [4.69, 9.17) is 22.9 Å². The van der Waals surface area contributed by atoms with Crippen molar-refractivity contribution >= 4 is 78.4 Å². The van der Waals surface area contributed by atoms with Crippen LogP contribution in [0.1, 0.15) is 23.1 Å². The maximum atomic E-state index is 13.7. The van der Waals surface area contributed by atoms with Crippen LogP contribution in [-0.2, 0) is 30.0 Å². The summed E-state index contributed by atoms with van der Waals surface area (Å²) in [6.45, 7) is 3.01. The number of phenolic OH excluding ortho intramolecular Hbond substituents is 1. The summed E-state index contributed by atoms with van der Waals surface area (Å²) in [4.78, 5) is 43.1. The molecule has 1 fully saturated rings. The largest absolute Gasteiger partial charge is 1.00 e. The molecule has 0 bridgehead atoms. The number of carbonyl (C=O) groups excluding carboxylic acids is 3. The number of rotatable bonds is 7. The number of hydrogen-bond acceptors (Lipinski definition) is 20. The molecule has 1 saturated carbocycles. The highest BCUT2D eigenvalue weighted by Gasteiger charge is 2.71. The molecule has 0 spiro atoms. The maximum Gasteiger partial charge on any atom is 0.263 e. The number of anilines is 4. The number of phenols is 1. The second-order valence-corrected chi connectivity index (χ2v) is 18.5. The van der Waals surface area contributed by atoms with Gasteiger partial charge in [0, 0.05) is 5.69 Å². The van der Waals surface area contributed by atoms with Gasteiger partial charge in [-0.3, -0.25) is 19.1 Å². The number of nitrogens with two attached hydrogens (primary N) is 4. The zero-order valence-corrected chi connectivity index (χ0v) is 38.2. The summed E-state index contributed by atoms with van der Waals surface area (Å²) in [5.74, 6) is -8.88. The molecule has 67 heavy (non-hydrogen) atoms. The van der Waals surface area contributed by atoms with Crippen molar-refractivity contribution in [1.29, 1.82) is 0 Å². The number of aromatic nitrogens is 3. The number of quaternary nitrogens is 1. The molecule has 22 nitrogen and oxygen atoms in total. The Morgan fingerprint density at radius 2 is 1.54 bits per heavy atom. The topological polar surface area (TPSA) is 391 Å². The first-order valence-corrected chi connectivity index (χ1v) is 21.9. The highest BCUT2D eigenvalue weighted by molar-refractivity contribution is 7.93. The molecule has 0 aliphatic heterocycles. The first-order valence-electron chi connectivity index (χ1n) is 19.6. The number of hydrogen-bond donors (Lipinski definition) is 12. The van der Waals surface area contributed by atoms with Gasteiger partial charge in [0.2, 0.25) is 16.7 Å². The van der Waals surface area contributed by atoms with E-state index in [-0.39, 0.29) is 39.4 Å². The minimum absolute atomic E-state index is 0. The number of ketones is 2. The molecule has 1 amide bonds. The van der Waals surface area contributed by atoms with E-state index in [1.165, 1.54) is 74.8 Å². The number of likely N-dealkylation sites (N-methyl/N-ethyl adjacent to an activating group) is 1. The quantitative estimate of drug-likeness (QED) is 0.0480. The van der Waals surface area contributed by atoms with Crippen LogP contribution in [0.15, 0.2) is 117 Å². The van der Waals surface area contributed by atoms with E-state index in [0.717, 1.165) is 5.69 Å². The molecule has 5 aromatic rings. The van der Waals surface area contributed by atoms with Gasteiger partial charge in [-0.15, -0.1) is 15.3 Å². The van der Waals surface area contributed by atoms with Crippen molar-refractivity contribution in [2.45, 2.75) is 42.1 Å². The first-order chi connectivity index (χ1) is 30.9. The molecule has 3 aromatic carbocycles. The zero-order valence-electron chi connectivity index (χ0n) is 35.9. The number of halogens is 1. The molecule has 3 aliphatic rings. The fourth-order valence-electron chi connectivity index (χ4n) is 8.03. The van der Waals surface area contributed by atoms with E-state index < -0.39 is 91.1 Å². The number of carbonyl (C=O) groups is 3. The third-order valence-electron chi connectivity index (χ3n) is 11.0. The molecule has 25 heteroatoms. The van der Waals surface area contributed by atoms with Crippen LogP contribution in [0.4, 0.5) is 33.8 Å². The van der Waals surface area contributed by atoms with Crippen molar-refractivity contribution in [2.24, 2.45) is 27.8 Å². The number of primary amides is 1. The molecule has 2 heterocycles. The summed E-state index contributed by atoms with van der Waals surface area (Å²) >= 11 is 1.18. The Labute approximate surface area is 392 Å². The number of sulfonamides is 1. The van der Waals surface area contributed by atoms with Crippen molar-refractivity contribution in [3.63, 3.8) is 0 Å². The van der Waals surface area contributed by atoms with Crippen molar-refractivity contribution < 1.29 is 70.7 Å². The van der Waals surface area contributed by atoms with E-state index in [0.29, 0.717) is 27.1 Å². The number of aliphatic hydroxyl groups is 5. The van der Waals surface area contributed by atoms with Crippen LogP contribution in [0.25, 0.3) is 5.76 Å². The van der Waals surface area contributed by atoms with Crippen LogP contribution >= 0.6 is 11.3 Å². The summed E-state index contributed by atoms with van der Waals surface area (Å²) in [5, 5.41) is 82.8. The minimum atomic E-state index is -3.61. The van der Waals surface area contributed by atoms with E-state index in [9.17, 15) is 53.4 Å². The van der Waals surface area contributed by atoms with Gasteiger partial charge in [-0.1, -0.05) is 41.7 Å². The summed E-state index contributed by atoms with van der Waals surface area (Å²) in [5.41, 5.74) is 16.7. The summed E-state index contributed by atoms with van der Waals surface area (Å²) < 4.78 is 26.2. The molecule has 0 radical (unpaired) electrons. The number of pyridine rings is 1.